The van der Waals surface area contributed by atoms with Crippen LogP contribution >= 0.6 is 0 Å². The van der Waals surface area contributed by atoms with Crippen LogP contribution in [-0.4, -0.2) is 22.6 Å². The fourth-order valence-corrected chi connectivity index (χ4v) is 3.48. The van der Waals surface area contributed by atoms with Crippen molar-refractivity contribution in [3.8, 4) is 17.1 Å². The first-order valence-corrected chi connectivity index (χ1v) is 9.52. The molecular formula is C24H23N3O2. The van der Waals surface area contributed by atoms with E-state index in [0.29, 0.717) is 0 Å². The van der Waals surface area contributed by atoms with Gasteiger partial charge in [-0.05, 0) is 61.9 Å². The Kier molecular flexibility index (Phi) is 5.04. The van der Waals surface area contributed by atoms with Crippen LogP contribution < -0.4 is 10.1 Å². The molecule has 0 bridgehead atoms. The molecule has 0 fully saturated rings. The summed E-state index contributed by atoms with van der Waals surface area (Å²) in [6.07, 6.45) is 0. The topological polar surface area (TPSA) is 56.2 Å². The summed E-state index contributed by atoms with van der Waals surface area (Å²) in [7, 11) is 1.64. The van der Waals surface area contributed by atoms with Gasteiger partial charge in [0.1, 0.15) is 18.1 Å². The molecule has 0 saturated carbocycles. The predicted molar refractivity (Wildman–Crippen MR) is 116 cm³/mol. The van der Waals surface area contributed by atoms with Crippen molar-refractivity contribution in [1.29, 1.82) is 0 Å². The quantitative estimate of drug-likeness (QED) is 0.528. The highest BCUT2D eigenvalue weighted by Gasteiger charge is 2.16. The van der Waals surface area contributed by atoms with Crippen molar-refractivity contribution in [2.45, 2.75) is 20.4 Å². The lowest BCUT2D eigenvalue weighted by molar-refractivity contribution is -0.116. The number of aryl methyl sites for hydroxylation is 2. The van der Waals surface area contributed by atoms with Crippen LogP contribution in [0.3, 0.4) is 0 Å². The number of imidazole rings is 1. The second kappa shape index (κ2) is 7.80. The van der Waals surface area contributed by atoms with Crippen LogP contribution in [0.1, 0.15) is 11.1 Å². The van der Waals surface area contributed by atoms with Gasteiger partial charge >= 0.3 is 0 Å². The first-order chi connectivity index (χ1) is 14.0. The Balaban J connectivity index is 1.69. The third-order valence-electron chi connectivity index (χ3n) is 4.96. The highest BCUT2D eigenvalue weighted by Crippen LogP contribution is 2.26. The molecule has 0 radical (unpaired) electrons. The Morgan fingerprint density at radius 2 is 1.79 bits per heavy atom. The van der Waals surface area contributed by atoms with Crippen LogP contribution in [0.5, 0.6) is 5.75 Å². The number of ether oxygens (including phenoxy) is 1. The number of nitrogens with zero attached hydrogens (tertiary/aromatic N) is 2. The molecule has 1 heterocycles. The van der Waals surface area contributed by atoms with Crippen LogP contribution in [0.2, 0.25) is 0 Å². The van der Waals surface area contributed by atoms with Crippen LogP contribution in [0, 0.1) is 13.8 Å². The summed E-state index contributed by atoms with van der Waals surface area (Å²) in [4.78, 5) is 17.6. The summed E-state index contributed by atoms with van der Waals surface area (Å²) in [5, 5.41) is 3.03. The maximum Gasteiger partial charge on any atom is 0.244 e. The van der Waals surface area contributed by atoms with Crippen LogP contribution in [-0.2, 0) is 11.3 Å². The minimum absolute atomic E-state index is 0.0881. The zero-order chi connectivity index (χ0) is 20.4. The first-order valence-electron chi connectivity index (χ1n) is 9.52. The molecule has 3 aromatic carbocycles. The van der Waals surface area contributed by atoms with Crippen LogP contribution in [0.25, 0.3) is 22.4 Å². The van der Waals surface area contributed by atoms with Gasteiger partial charge in [-0.3, -0.25) is 4.79 Å². The van der Waals surface area contributed by atoms with E-state index in [1.807, 2.05) is 79.1 Å². The molecular weight excluding hydrogens is 362 g/mol. The maximum absolute atomic E-state index is 12.9. The fraction of sp³-hybridized carbons (Fsp3) is 0.167. The average Bonchev–Trinajstić information content (AvgIpc) is 3.08. The van der Waals surface area contributed by atoms with Gasteiger partial charge in [0.15, 0.2) is 0 Å². The lowest BCUT2D eigenvalue weighted by atomic mass is 10.1. The van der Waals surface area contributed by atoms with Gasteiger partial charge in [-0.25, -0.2) is 4.98 Å². The number of hydrogen-bond acceptors (Lipinski definition) is 3. The number of fused-ring (bicyclic) bond motifs is 1. The molecule has 5 nitrogen and oxygen atoms in total. The summed E-state index contributed by atoms with van der Waals surface area (Å²) in [6.45, 7) is 4.21. The zero-order valence-corrected chi connectivity index (χ0v) is 16.8. The van der Waals surface area contributed by atoms with Crippen molar-refractivity contribution in [2.75, 3.05) is 12.4 Å². The standard InChI is InChI=1S/C24H23N3O2/c1-16-8-13-20(17(2)14-16)25-23(28)15-27-22-7-5-4-6-21(22)26-24(27)18-9-11-19(29-3)12-10-18/h4-14H,15H2,1-3H3,(H,25,28). The van der Waals surface area contributed by atoms with Crippen molar-refractivity contribution >= 4 is 22.6 Å². The molecule has 0 unspecified atom stereocenters. The van der Waals surface area contributed by atoms with Gasteiger partial charge in [-0.2, -0.15) is 0 Å². The Morgan fingerprint density at radius 1 is 1.03 bits per heavy atom. The van der Waals surface area contributed by atoms with Crippen LogP contribution in [0.15, 0.2) is 66.7 Å². The maximum atomic E-state index is 12.9. The van der Waals surface area contributed by atoms with Gasteiger partial charge in [0, 0.05) is 11.3 Å². The van der Waals surface area contributed by atoms with E-state index in [2.05, 4.69) is 11.4 Å². The Bertz CT molecular complexity index is 1180. The monoisotopic (exact) mass is 385 g/mol. The third kappa shape index (κ3) is 3.85. The lowest BCUT2D eigenvalue weighted by Crippen LogP contribution is -2.19. The molecule has 0 aliphatic rings. The van der Waals surface area contributed by atoms with Crippen molar-refractivity contribution in [1.82, 2.24) is 9.55 Å². The first kappa shape index (κ1) is 18.7. The number of benzene rings is 3. The molecule has 4 aromatic rings. The van der Waals surface area contributed by atoms with Crippen molar-refractivity contribution in [2.24, 2.45) is 0 Å². The number of rotatable bonds is 5. The molecule has 146 valence electrons. The minimum atomic E-state index is -0.0881. The van der Waals surface area contributed by atoms with E-state index in [1.54, 1.807) is 7.11 Å². The molecule has 5 heteroatoms. The molecule has 4 rings (SSSR count). The molecule has 1 aromatic heterocycles. The van der Waals surface area contributed by atoms with Crippen molar-refractivity contribution in [3.63, 3.8) is 0 Å². The summed E-state index contributed by atoms with van der Waals surface area (Å²) in [5.74, 6) is 1.45. The van der Waals surface area contributed by atoms with Gasteiger partial charge in [0.05, 0.1) is 18.1 Å². The number of methoxy groups -OCH3 is 1. The summed E-state index contributed by atoms with van der Waals surface area (Å²) in [5.41, 5.74) is 5.76. The van der Waals surface area contributed by atoms with Gasteiger partial charge in [0.25, 0.3) is 0 Å². The molecule has 0 atom stereocenters. The molecule has 0 aliphatic heterocycles. The SMILES string of the molecule is COc1ccc(-c2nc3ccccc3n2CC(=O)Nc2ccc(C)cc2C)cc1. The number of carbonyl (C=O) groups excluding carboxylic acids is 1. The van der Waals surface area contributed by atoms with E-state index in [9.17, 15) is 4.79 Å². The lowest BCUT2D eigenvalue weighted by Gasteiger charge is -2.12. The number of carbonyl (C=O) groups is 1. The Hall–Kier alpha value is -3.60. The minimum Gasteiger partial charge on any atom is -0.497 e. The third-order valence-corrected chi connectivity index (χ3v) is 4.96. The Morgan fingerprint density at radius 3 is 2.52 bits per heavy atom. The summed E-state index contributed by atoms with van der Waals surface area (Å²) < 4.78 is 7.21. The second-order valence-corrected chi connectivity index (χ2v) is 7.11. The number of nitrogens with one attached hydrogen (secondary N) is 1. The number of anilines is 1. The molecule has 0 aliphatic carbocycles. The molecule has 0 saturated heterocycles. The van der Waals surface area contributed by atoms with E-state index in [0.717, 1.165) is 39.4 Å². The van der Waals surface area contributed by atoms with Gasteiger partial charge < -0.3 is 14.6 Å². The van der Waals surface area contributed by atoms with Crippen molar-refractivity contribution in [3.05, 3.63) is 77.9 Å². The van der Waals surface area contributed by atoms with Crippen molar-refractivity contribution < 1.29 is 9.53 Å². The number of aromatic nitrogens is 2. The average molecular weight is 385 g/mol. The highest BCUT2D eigenvalue weighted by atomic mass is 16.5. The fourth-order valence-electron chi connectivity index (χ4n) is 3.48. The predicted octanol–water partition coefficient (Wildman–Crippen LogP) is 4.97. The number of para-hydroxylation sites is 2. The second-order valence-electron chi connectivity index (χ2n) is 7.11. The van der Waals surface area contributed by atoms with E-state index >= 15 is 0 Å². The largest absolute Gasteiger partial charge is 0.497 e. The normalized spacial score (nSPS) is 10.9. The van der Waals surface area contributed by atoms with Gasteiger partial charge in [-0.1, -0.05) is 29.8 Å². The molecule has 29 heavy (non-hydrogen) atoms. The van der Waals surface area contributed by atoms with Gasteiger partial charge in [0.2, 0.25) is 5.91 Å². The summed E-state index contributed by atoms with van der Waals surface area (Å²) >= 11 is 0. The molecule has 0 spiro atoms. The van der Waals surface area contributed by atoms with Crippen LogP contribution in [0.4, 0.5) is 5.69 Å². The highest BCUT2D eigenvalue weighted by molar-refractivity contribution is 5.93. The van der Waals surface area contributed by atoms with E-state index in [1.165, 1.54) is 5.56 Å². The Labute approximate surface area is 170 Å². The smallest absolute Gasteiger partial charge is 0.244 e. The molecule has 1 N–H and O–H groups in total. The number of hydrogen-bond donors (Lipinski definition) is 1. The van der Waals surface area contributed by atoms with E-state index < -0.39 is 0 Å². The molecule has 1 amide bonds. The number of amides is 1. The van der Waals surface area contributed by atoms with Gasteiger partial charge in [-0.15, -0.1) is 0 Å². The van der Waals surface area contributed by atoms with E-state index in [4.69, 9.17) is 9.72 Å². The van der Waals surface area contributed by atoms with E-state index in [-0.39, 0.29) is 12.5 Å². The zero-order valence-electron chi connectivity index (χ0n) is 16.8. The summed E-state index contributed by atoms with van der Waals surface area (Å²) in [6, 6.07) is 21.6.